The lowest BCUT2D eigenvalue weighted by atomic mass is 10.1. The standard InChI is InChI=1S/C23H21ClN2O3/c1-15-8-10-19(12-16(15)2)29-14-22(27)25-18-9-11-21(20(24)13-18)26-23(28)17-6-4-3-5-7-17/h3-13H,14H2,1-2H3,(H,25,27)(H,26,28). The van der Waals surface area contributed by atoms with Crippen molar-refractivity contribution >= 4 is 34.8 Å². The van der Waals surface area contributed by atoms with Gasteiger partial charge in [-0.3, -0.25) is 9.59 Å². The molecule has 0 spiro atoms. The van der Waals surface area contributed by atoms with E-state index in [0.29, 0.717) is 27.7 Å². The van der Waals surface area contributed by atoms with Crippen LogP contribution < -0.4 is 15.4 Å². The average Bonchev–Trinajstić information content (AvgIpc) is 2.71. The molecule has 0 aliphatic carbocycles. The molecule has 0 heterocycles. The maximum atomic E-state index is 12.2. The van der Waals surface area contributed by atoms with Crippen LogP contribution in [0.4, 0.5) is 11.4 Å². The maximum absolute atomic E-state index is 12.2. The zero-order valence-corrected chi connectivity index (χ0v) is 16.9. The van der Waals surface area contributed by atoms with Crippen LogP contribution in [0.25, 0.3) is 0 Å². The number of rotatable bonds is 6. The number of benzene rings is 3. The molecule has 0 aliphatic heterocycles. The first-order valence-electron chi connectivity index (χ1n) is 9.08. The minimum absolute atomic E-state index is 0.118. The van der Waals surface area contributed by atoms with Crippen LogP contribution in [0.3, 0.4) is 0 Å². The summed E-state index contributed by atoms with van der Waals surface area (Å²) in [6, 6.07) is 19.4. The highest BCUT2D eigenvalue weighted by atomic mass is 35.5. The van der Waals surface area contributed by atoms with Crippen molar-refractivity contribution in [2.45, 2.75) is 13.8 Å². The summed E-state index contributed by atoms with van der Waals surface area (Å²) in [5, 5.41) is 5.81. The average molecular weight is 409 g/mol. The lowest BCUT2D eigenvalue weighted by Crippen LogP contribution is -2.20. The summed E-state index contributed by atoms with van der Waals surface area (Å²) in [4.78, 5) is 24.4. The van der Waals surface area contributed by atoms with Crippen molar-refractivity contribution in [2.75, 3.05) is 17.2 Å². The molecule has 0 aliphatic rings. The molecule has 0 bridgehead atoms. The SMILES string of the molecule is Cc1ccc(OCC(=O)Nc2ccc(NC(=O)c3ccccc3)c(Cl)c2)cc1C. The smallest absolute Gasteiger partial charge is 0.262 e. The van der Waals surface area contributed by atoms with Gasteiger partial charge in [-0.15, -0.1) is 0 Å². The highest BCUT2D eigenvalue weighted by molar-refractivity contribution is 6.34. The molecule has 0 unspecified atom stereocenters. The Hall–Kier alpha value is -3.31. The Morgan fingerprint density at radius 1 is 0.897 bits per heavy atom. The molecule has 0 saturated heterocycles. The van der Waals surface area contributed by atoms with Gasteiger partial charge in [0.05, 0.1) is 10.7 Å². The molecule has 2 amide bonds. The first-order valence-corrected chi connectivity index (χ1v) is 9.46. The molecule has 3 rings (SSSR count). The van der Waals surface area contributed by atoms with Crippen LogP contribution in [-0.2, 0) is 4.79 Å². The van der Waals surface area contributed by atoms with Crippen molar-refractivity contribution in [3.63, 3.8) is 0 Å². The summed E-state index contributed by atoms with van der Waals surface area (Å²) in [5.41, 5.74) is 3.77. The van der Waals surface area contributed by atoms with Gasteiger partial charge in [-0.1, -0.05) is 35.9 Å². The fourth-order valence-corrected chi connectivity index (χ4v) is 2.86. The summed E-state index contributed by atoms with van der Waals surface area (Å²) in [7, 11) is 0. The van der Waals surface area contributed by atoms with Crippen LogP contribution in [0.1, 0.15) is 21.5 Å². The van der Waals surface area contributed by atoms with Crippen molar-refractivity contribution in [1.82, 2.24) is 0 Å². The van der Waals surface area contributed by atoms with E-state index in [9.17, 15) is 9.59 Å². The summed E-state index contributed by atoms with van der Waals surface area (Å²) in [6.45, 7) is 3.89. The number of carbonyl (C=O) groups excluding carboxylic acids is 2. The molecule has 0 radical (unpaired) electrons. The first kappa shape index (κ1) is 20.4. The Labute approximate surface area is 174 Å². The first-order chi connectivity index (χ1) is 13.9. The van der Waals surface area contributed by atoms with Crippen LogP contribution in [-0.4, -0.2) is 18.4 Å². The number of anilines is 2. The Balaban J connectivity index is 1.57. The van der Waals surface area contributed by atoms with E-state index in [0.717, 1.165) is 11.1 Å². The van der Waals surface area contributed by atoms with Crippen LogP contribution in [0.2, 0.25) is 5.02 Å². The van der Waals surface area contributed by atoms with E-state index in [4.69, 9.17) is 16.3 Å². The quantitative estimate of drug-likeness (QED) is 0.587. The number of carbonyl (C=O) groups is 2. The van der Waals surface area contributed by atoms with Gasteiger partial charge in [-0.05, 0) is 67.4 Å². The number of nitrogens with one attached hydrogen (secondary N) is 2. The minimum Gasteiger partial charge on any atom is -0.484 e. The van der Waals surface area contributed by atoms with Crippen LogP contribution in [0.15, 0.2) is 66.7 Å². The zero-order valence-electron chi connectivity index (χ0n) is 16.2. The van der Waals surface area contributed by atoms with Crippen molar-refractivity contribution in [1.29, 1.82) is 0 Å². The van der Waals surface area contributed by atoms with Crippen LogP contribution in [0, 0.1) is 13.8 Å². The topological polar surface area (TPSA) is 67.4 Å². The molecule has 0 atom stereocenters. The minimum atomic E-state index is -0.305. The molecule has 6 heteroatoms. The van der Waals surface area contributed by atoms with E-state index in [2.05, 4.69) is 10.6 Å². The third kappa shape index (κ3) is 5.59. The highest BCUT2D eigenvalue weighted by Crippen LogP contribution is 2.26. The number of aryl methyl sites for hydroxylation is 2. The Morgan fingerprint density at radius 2 is 1.66 bits per heavy atom. The zero-order chi connectivity index (χ0) is 20.8. The third-order valence-electron chi connectivity index (χ3n) is 4.39. The van der Waals surface area contributed by atoms with Crippen molar-refractivity contribution in [3.05, 3.63) is 88.4 Å². The lowest BCUT2D eigenvalue weighted by Gasteiger charge is -2.11. The van der Waals surface area contributed by atoms with E-state index >= 15 is 0 Å². The Bertz CT molecular complexity index is 1040. The number of hydrogen-bond donors (Lipinski definition) is 2. The van der Waals surface area contributed by atoms with Crippen molar-refractivity contribution < 1.29 is 14.3 Å². The molecule has 0 aromatic heterocycles. The van der Waals surface area contributed by atoms with Gasteiger partial charge in [0.1, 0.15) is 5.75 Å². The predicted octanol–water partition coefficient (Wildman–Crippen LogP) is 5.23. The number of amides is 2. The second-order valence-electron chi connectivity index (χ2n) is 6.60. The Morgan fingerprint density at radius 3 is 2.34 bits per heavy atom. The number of ether oxygens (including phenoxy) is 1. The van der Waals surface area contributed by atoms with Gasteiger partial charge < -0.3 is 15.4 Å². The second-order valence-corrected chi connectivity index (χ2v) is 7.00. The monoisotopic (exact) mass is 408 g/mol. The number of halogens is 1. The summed E-state index contributed by atoms with van der Waals surface area (Å²) >= 11 is 6.25. The van der Waals surface area contributed by atoms with Gasteiger partial charge in [0, 0.05) is 11.3 Å². The Kier molecular flexibility index (Phi) is 6.52. The molecule has 5 nitrogen and oxygen atoms in total. The van der Waals surface area contributed by atoms with Gasteiger partial charge in [0.2, 0.25) is 0 Å². The normalized spacial score (nSPS) is 10.3. The molecule has 0 fully saturated rings. The van der Waals surface area contributed by atoms with Crippen LogP contribution in [0.5, 0.6) is 5.75 Å². The lowest BCUT2D eigenvalue weighted by molar-refractivity contribution is -0.118. The maximum Gasteiger partial charge on any atom is 0.262 e. The van der Waals surface area contributed by atoms with E-state index in [1.54, 1.807) is 42.5 Å². The molecule has 29 heavy (non-hydrogen) atoms. The molecular formula is C23H21ClN2O3. The predicted molar refractivity (Wildman–Crippen MR) is 116 cm³/mol. The van der Waals surface area contributed by atoms with Gasteiger partial charge in [0.25, 0.3) is 11.8 Å². The summed E-state index contributed by atoms with van der Waals surface area (Å²) in [5.74, 6) is 0.0756. The van der Waals surface area contributed by atoms with E-state index in [1.165, 1.54) is 0 Å². The number of hydrogen-bond acceptors (Lipinski definition) is 3. The van der Waals surface area contributed by atoms with Gasteiger partial charge in [0.15, 0.2) is 6.61 Å². The second kappa shape index (κ2) is 9.26. The summed E-state index contributed by atoms with van der Waals surface area (Å²) < 4.78 is 5.53. The van der Waals surface area contributed by atoms with Gasteiger partial charge in [-0.25, -0.2) is 0 Å². The molecule has 0 saturated carbocycles. The fraction of sp³-hybridized carbons (Fsp3) is 0.130. The fourth-order valence-electron chi connectivity index (χ4n) is 2.63. The molecule has 3 aromatic rings. The van der Waals surface area contributed by atoms with Crippen molar-refractivity contribution in [3.8, 4) is 5.75 Å². The van der Waals surface area contributed by atoms with E-state index in [1.807, 2.05) is 38.1 Å². The van der Waals surface area contributed by atoms with Crippen LogP contribution >= 0.6 is 11.6 Å². The molecule has 2 N–H and O–H groups in total. The molecular weight excluding hydrogens is 388 g/mol. The van der Waals surface area contributed by atoms with E-state index in [-0.39, 0.29) is 18.4 Å². The molecule has 148 valence electrons. The summed E-state index contributed by atoms with van der Waals surface area (Å²) in [6.07, 6.45) is 0. The largest absolute Gasteiger partial charge is 0.484 e. The van der Waals surface area contributed by atoms with Crippen molar-refractivity contribution in [2.24, 2.45) is 0 Å². The highest BCUT2D eigenvalue weighted by Gasteiger charge is 2.10. The third-order valence-corrected chi connectivity index (χ3v) is 4.70. The molecule has 3 aromatic carbocycles. The van der Waals surface area contributed by atoms with E-state index < -0.39 is 0 Å². The van der Waals surface area contributed by atoms with Gasteiger partial charge in [-0.2, -0.15) is 0 Å². The van der Waals surface area contributed by atoms with Gasteiger partial charge >= 0.3 is 0 Å².